The van der Waals surface area contributed by atoms with Crippen LogP contribution in [0.1, 0.15) is 35.8 Å². The van der Waals surface area contributed by atoms with E-state index in [0.29, 0.717) is 35.7 Å². The van der Waals surface area contributed by atoms with Crippen LogP contribution in [0.25, 0.3) is 0 Å². The first-order valence-electron chi connectivity index (χ1n) is 10.0. The SMILES string of the molecule is CCN1CCCC1C(=O)Nc1cc(C(=O)NCCc2cscn2)cc(OC)c1OC. The number of hydrogen-bond acceptors (Lipinski definition) is 7. The molecule has 0 aliphatic carbocycles. The number of aromatic nitrogens is 1. The van der Waals surface area contributed by atoms with E-state index in [4.69, 9.17) is 9.47 Å². The van der Waals surface area contributed by atoms with E-state index in [1.165, 1.54) is 25.6 Å². The van der Waals surface area contributed by atoms with Crippen LogP contribution in [0.15, 0.2) is 23.0 Å². The molecule has 1 fully saturated rings. The van der Waals surface area contributed by atoms with E-state index < -0.39 is 0 Å². The maximum atomic E-state index is 12.9. The van der Waals surface area contributed by atoms with Gasteiger partial charge in [0.15, 0.2) is 11.5 Å². The number of thiazole rings is 1. The fourth-order valence-corrected chi connectivity index (χ4v) is 4.27. The van der Waals surface area contributed by atoms with E-state index in [2.05, 4.69) is 20.5 Å². The number of carbonyl (C=O) groups is 2. The summed E-state index contributed by atoms with van der Waals surface area (Å²) in [7, 11) is 3.01. The van der Waals surface area contributed by atoms with Crippen molar-refractivity contribution in [1.82, 2.24) is 15.2 Å². The smallest absolute Gasteiger partial charge is 0.251 e. The number of anilines is 1. The molecule has 1 aromatic heterocycles. The molecule has 1 aliphatic heterocycles. The zero-order valence-electron chi connectivity index (χ0n) is 17.6. The molecule has 0 saturated carbocycles. The molecular formula is C21H28N4O4S. The van der Waals surface area contributed by atoms with Gasteiger partial charge < -0.3 is 20.1 Å². The van der Waals surface area contributed by atoms with E-state index in [-0.39, 0.29) is 17.9 Å². The highest BCUT2D eigenvalue weighted by Gasteiger charge is 2.30. The summed E-state index contributed by atoms with van der Waals surface area (Å²) in [6.07, 6.45) is 2.46. The summed E-state index contributed by atoms with van der Waals surface area (Å²) in [5.74, 6) is 0.429. The van der Waals surface area contributed by atoms with Gasteiger partial charge >= 0.3 is 0 Å². The molecule has 8 nitrogen and oxygen atoms in total. The number of likely N-dealkylation sites (tertiary alicyclic amines) is 1. The average molecular weight is 433 g/mol. The zero-order valence-corrected chi connectivity index (χ0v) is 18.4. The van der Waals surface area contributed by atoms with Crippen LogP contribution in [0, 0.1) is 0 Å². The van der Waals surface area contributed by atoms with Crippen molar-refractivity contribution < 1.29 is 19.1 Å². The molecule has 1 aliphatic rings. The highest BCUT2D eigenvalue weighted by Crippen LogP contribution is 2.37. The summed E-state index contributed by atoms with van der Waals surface area (Å²) in [6.45, 7) is 4.24. The molecule has 0 bridgehead atoms. The highest BCUT2D eigenvalue weighted by molar-refractivity contribution is 7.07. The summed E-state index contributed by atoms with van der Waals surface area (Å²) in [5, 5.41) is 7.79. The number of hydrogen-bond donors (Lipinski definition) is 2. The van der Waals surface area contributed by atoms with Crippen LogP contribution in [-0.2, 0) is 11.2 Å². The van der Waals surface area contributed by atoms with Crippen LogP contribution < -0.4 is 20.1 Å². The largest absolute Gasteiger partial charge is 0.493 e. The minimum Gasteiger partial charge on any atom is -0.493 e. The predicted octanol–water partition coefficient (Wildman–Crippen LogP) is 2.56. The Morgan fingerprint density at radius 1 is 1.30 bits per heavy atom. The lowest BCUT2D eigenvalue weighted by molar-refractivity contribution is -0.120. The summed E-state index contributed by atoms with van der Waals surface area (Å²) in [6, 6.07) is 3.06. The second-order valence-electron chi connectivity index (χ2n) is 7.02. The molecular weight excluding hydrogens is 404 g/mol. The Labute approximate surface area is 180 Å². The molecule has 162 valence electrons. The fourth-order valence-electron chi connectivity index (χ4n) is 3.67. The Bertz CT molecular complexity index is 872. The van der Waals surface area contributed by atoms with Crippen LogP contribution in [0.2, 0.25) is 0 Å². The number of likely N-dealkylation sites (N-methyl/N-ethyl adjacent to an activating group) is 1. The van der Waals surface area contributed by atoms with Crippen molar-refractivity contribution >= 4 is 28.8 Å². The third-order valence-electron chi connectivity index (χ3n) is 5.22. The lowest BCUT2D eigenvalue weighted by atomic mass is 10.1. The molecule has 3 rings (SSSR count). The molecule has 0 radical (unpaired) electrons. The quantitative estimate of drug-likeness (QED) is 0.633. The van der Waals surface area contributed by atoms with Crippen molar-refractivity contribution in [3.63, 3.8) is 0 Å². The minimum atomic E-state index is -0.252. The average Bonchev–Trinajstić information content (AvgIpc) is 3.44. The maximum absolute atomic E-state index is 12.9. The Balaban J connectivity index is 1.76. The topological polar surface area (TPSA) is 92.8 Å². The van der Waals surface area contributed by atoms with Crippen molar-refractivity contribution in [3.05, 3.63) is 34.3 Å². The number of amides is 2. The van der Waals surface area contributed by atoms with Gasteiger partial charge in [-0.25, -0.2) is 4.98 Å². The number of rotatable bonds is 9. The van der Waals surface area contributed by atoms with Gasteiger partial charge in [0.05, 0.1) is 37.2 Å². The summed E-state index contributed by atoms with van der Waals surface area (Å²) >= 11 is 1.53. The van der Waals surface area contributed by atoms with Crippen molar-refractivity contribution in [2.45, 2.75) is 32.2 Å². The van der Waals surface area contributed by atoms with E-state index >= 15 is 0 Å². The van der Waals surface area contributed by atoms with Crippen LogP contribution in [0.3, 0.4) is 0 Å². The van der Waals surface area contributed by atoms with Gasteiger partial charge in [0.1, 0.15) is 0 Å². The fraction of sp³-hybridized carbons (Fsp3) is 0.476. The summed E-state index contributed by atoms with van der Waals surface area (Å²) in [5.41, 5.74) is 3.52. The van der Waals surface area contributed by atoms with E-state index in [0.717, 1.165) is 31.6 Å². The number of benzene rings is 1. The summed E-state index contributed by atoms with van der Waals surface area (Å²) in [4.78, 5) is 31.9. The second-order valence-corrected chi connectivity index (χ2v) is 7.74. The second kappa shape index (κ2) is 10.4. The molecule has 1 aromatic carbocycles. The van der Waals surface area contributed by atoms with Gasteiger partial charge in [-0.1, -0.05) is 6.92 Å². The lowest BCUT2D eigenvalue weighted by Gasteiger charge is -2.23. The monoisotopic (exact) mass is 432 g/mol. The Kier molecular flexibility index (Phi) is 7.64. The molecule has 0 spiro atoms. The van der Waals surface area contributed by atoms with Crippen LogP contribution in [0.5, 0.6) is 11.5 Å². The van der Waals surface area contributed by atoms with Crippen molar-refractivity contribution in [1.29, 1.82) is 0 Å². The molecule has 2 N–H and O–H groups in total. The maximum Gasteiger partial charge on any atom is 0.251 e. The van der Waals surface area contributed by atoms with Crippen molar-refractivity contribution in [2.24, 2.45) is 0 Å². The van der Waals surface area contributed by atoms with Gasteiger partial charge in [0.2, 0.25) is 5.91 Å². The Morgan fingerprint density at radius 3 is 2.80 bits per heavy atom. The van der Waals surface area contributed by atoms with Crippen molar-refractivity contribution in [2.75, 3.05) is 39.2 Å². The molecule has 1 atom stereocenters. The van der Waals surface area contributed by atoms with Gasteiger partial charge in [-0.2, -0.15) is 0 Å². The molecule has 2 heterocycles. The van der Waals surface area contributed by atoms with Crippen LogP contribution in [0.4, 0.5) is 5.69 Å². The standard InChI is InChI=1S/C21H28N4O4S/c1-4-25-9-5-6-17(25)21(27)24-16-10-14(11-18(28-2)19(16)29-3)20(26)22-8-7-15-12-30-13-23-15/h10-13,17H,4-9H2,1-3H3,(H,22,26)(H,24,27). The van der Waals surface area contributed by atoms with Crippen LogP contribution >= 0.6 is 11.3 Å². The summed E-state index contributed by atoms with van der Waals surface area (Å²) < 4.78 is 10.9. The van der Waals surface area contributed by atoms with E-state index in [9.17, 15) is 9.59 Å². The van der Waals surface area contributed by atoms with E-state index in [1.807, 2.05) is 12.3 Å². The number of carbonyl (C=O) groups excluding carboxylic acids is 2. The number of nitrogens with one attached hydrogen (secondary N) is 2. The van der Waals surface area contributed by atoms with Crippen LogP contribution in [-0.4, -0.2) is 61.6 Å². The van der Waals surface area contributed by atoms with Gasteiger partial charge in [0.25, 0.3) is 5.91 Å². The van der Waals surface area contributed by atoms with Gasteiger partial charge in [-0.15, -0.1) is 11.3 Å². The predicted molar refractivity (Wildman–Crippen MR) is 117 cm³/mol. The number of ether oxygens (including phenoxy) is 2. The Morgan fingerprint density at radius 2 is 2.13 bits per heavy atom. The van der Waals surface area contributed by atoms with Gasteiger partial charge in [-0.3, -0.25) is 14.5 Å². The van der Waals surface area contributed by atoms with Gasteiger partial charge in [-0.05, 0) is 38.1 Å². The van der Waals surface area contributed by atoms with Crippen molar-refractivity contribution in [3.8, 4) is 11.5 Å². The molecule has 30 heavy (non-hydrogen) atoms. The minimum absolute atomic E-state index is 0.101. The molecule has 2 amide bonds. The number of nitrogens with zero attached hydrogens (tertiary/aromatic N) is 2. The van der Waals surface area contributed by atoms with Gasteiger partial charge in [0, 0.05) is 23.9 Å². The first kappa shape index (κ1) is 22.0. The number of methoxy groups -OCH3 is 2. The molecule has 9 heteroatoms. The Hall–Kier alpha value is -2.65. The zero-order chi connectivity index (χ0) is 21.5. The third-order valence-corrected chi connectivity index (χ3v) is 5.86. The highest BCUT2D eigenvalue weighted by atomic mass is 32.1. The molecule has 2 aromatic rings. The first-order chi connectivity index (χ1) is 14.6. The third kappa shape index (κ3) is 5.09. The lowest BCUT2D eigenvalue weighted by Crippen LogP contribution is -2.39. The van der Waals surface area contributed by atoms with E-state index in [1.54, 1.807) is 17.6 Å². The molecule has 1 unspecified atom stereocenters. The normalized spacial score (nSPS) is 16.3. The molecule has 1 saturated heterocycles. The first-order valence-corrected chi connectivity index (χ1v) is 11.0.